The highest BCUT2D eigenvalue weighted by Crippen LogP contribution is 2.41. The van der Waals surface area contributed by atoms with Gasteiger partial charge in [0, 0.05) is 43.9 Å². The molecule has 0 aliphatic heterocycles. The Morgan fingerprint density at radius 1 is 0.328 bits per heavy atom. The highest BCUT2D eigenvalue weighted by atomic mass is 15.1. The average molecular weight is 817 g/mol. The third-order valence-corrected chi connectivity index (χ3v) is 12.2. The standard InChI is InChI=1S/C58H36N6/c59-37-38-24-26-39(27-25-38)44-28-31-48-46-20-10-13-23-52(46)64(55(48)36-44)54-33-30-43(42-29-32-53-49(34-42)47-21-11-12-22-51(47)63(53)45-18-8-3-9-19-45)35-50(54)58-61-56(40-14-4-1-5-15-40)60-57(62-58)41-16-6-2-7-17-41/h1-36H. The molecule has 3 aromatic heterocycles. The van der Waals surface area contributed by atoms with Crippen molar-refractivity contribution in [3.63, 3.8) is 0 Å². The number of para-hydroxylation sites is 3. The molecule has 0 saturated carbocycles. The molecule has 6 heteroatoms. The van der Waals surface area contributed by atoms with E-state index in [9.17, 15) is 5.26 Å². The van der Waals surface area contributed by atoms with Gasteiger partial charge in [-0.25, -0.2) is 15.0 Å². The Kier molecular flexibility index (Phi) is 8.77. The quantitative estimate of drug-likeness (QED) is 0.161. The Balaban J connectivity index is 1.13. The molecule has 0 bridgehead atoms. The first-order valence-electron chi connectivity index (χ1n) is 21.3. The first-order chi connectivity index (χ1) is 31.7. The molecule has 0 fully saturated rings. The number of nitrogens with zero attached hydrogens (tertiary/aromatic N) is 6. The Morgan fingerprint density at radius 2 is 0.812 bits per heavy atom. The van der Waals surface area contributed by atoms with Crippen LogP contribution < -0.4 is 0 Å². The van der Waals surface area contributed by atoms with E-state index in [1.807, 2.05) is 84.9 Å². The topological polar surface area (TPSA) is 72.3 Å². The van der Waals surface area contributed by atoms with Crippen LogP contribution in [0.5, 0.6) is 0 Å². The summed E-state index contributed by atoms with van der Waals surface area (Å²) >= 11 is 0. The Labute approximate surface area is 369 Å². The molecule has 12 rings (SSSR count). The first kappa shape index (κ1) is 36.9. The van der Waals surface area contributed by atoms with E-state index >= 15 is 0 Å². The van der Waals surface area contributed by atoms with Crippen LogP contribution in [-0.4, -0.2) is 24.1 Å². The number of fused-ring (bicyclic) bond motifs is 6. The van der Waals surface area contributed by atoms with Gasteiger partial charge in [-0.3, -0.25) is 0 Å². The van der Waals surface area contributed by atoms with Gasteiger partial charge in [0.15, 0.2) is 17.5 Å². The fourth-order valence-electron chi connectivity index (χ4n) is 9.17. The molecule has 0 amide bonds. The van der Waals surface area contributed by atoms with Crippen LogP contribution in [0.2, 0.25) is 0 Å². The van der Waals surface area contributed by atoms with Crippen LogP contribution in [0.4, 0.5) is 0 Å². The summed E-state index contributed by atoms with van der Waals surface area (Å²) < 4.78 is 4.69. The minimum absolute atomic E-state index is 0.570. The summed E-state index contributed by atoms with van der Waals surface area (Å²) in [5.41, 5.74) is 14.0. The summed E-state index contributed by atoms with van der Waals surface area (Å²) in [5, 5.41) is 14.2. The summed E-state index contributed by atoms with van der Waals surface area (Å²) in [4.78, 5) is 15.7. The van der Waals surface area contributed by atoms with Crippen molar-refractivity contribution in [2.75, 3.05) is 0 Å². The zero-order valence-electron chi connectivity index (χ0n) is 34.5. The molecule has 9 aromatic carbocycles. The largest absolute Gasteiger partial charge is 0.309 e. The predicted octanol–water partition coefficient (Wildman–Crippen LogP) is 14.3. The van der Waals surface area contributed by atoms with Crippen molar-refractivity contribution in [1.82, 2.24) is 24.1 Å². The van der Waals surface area contributed by atoms with Gasteiger partial charge in [0.25, 0.3) is 0 Å². The van der Waals surface area contributed by atoms with Crippen molar-refractivity contribution in [3.05, 3.63) is 224 Å². The van der Waals surface area contributed by atoms with Crippen LogP contribution in [0, 0.1) is 11.3 Å². The van der Waals surface area contributed by atoms with Gasteiger partial charge < -0.3 is 9.13 Å². The summed E-state index contributed by atoms with van der Waals surface area (Å²) in [7, 11) is 0. The van der Waals surface area contributed by atoms with E-state index in [0.29, 0.717) is 23.0 Å². The highest BCUT2D eigenvalue weighted by Gasteiger charge is 2.22. The van der Waals surface area contributed by atoms with Crippen LogP contribution in [0.1, 0.15) is 5.56 Å². The molecular formula is C58H36N6. The van der Waals surface area contributed by atoms with Gasteiger partial charge in [-0.1, -0.05) is 152 Å². The molecule has 0 saturated heterocycles. The molecule has 0 aliphatic rings. The van der Waals surface area contributed by atoms with Crippen molar-refractivity contribution in [1.29, 1.82) is 5.26 Å². The number of hydrogen-bond donors (Lipinski definition) is 0. The molecule has 64 heavy (non-hydrogen) atoms. The zero-order chi connectivity index (χ0) is 42.6. The fourth-order valence-corrected chi connectivity index (χ4v) is 9.17. The molecule has 0 radical (unpaired) electrons. The van der Waals surface area contributed by atoms with Crippen LogP contribution >= 0.6 is 0 Å². The molecule has 0 unspecified atom stereocenters. The molecule has 6 nitrogen and oxygen atoms in total. The summed E-state index contributed by atoms with van der Waals surface area (Å²) in [6, 6.07) is 78.1. The average Bonchev–Trinajstić information content (AvgIpc) is 3.89. The lowest BCUT2D eigenvalue weighted by Crippen LogP contribution is -2.04. The lowest BCUT2D eigenvalue weighted by Gasteiger charge is -2.17. The van der Waals surface area contributed by atoms with E-state index in [1.54, 1.807) is 0 Å². The molecule has 3 heterocycles. The number of hydrogen-bond acceptors (Lipinski definition) is 4. The Hall–Kier alpha value is -8.92. The van der Waals surface area contributed by atoms with Gasteiger partial charge in [-0.15, -0.1) is 0 Å². The van der Waals surface area contributed by atoms with Crippen molar-refractivity contribution in [2.24, 2.45) is 0 Å². The van der Waals surface area contributed by atoms with Gasteiger partial charge in [-0.2, -0.15) is 5.26 Å². The molecule has 298 valence electrons. The summed E-state index contributed by atoms with van der Waals surface area (Å²) in [5.74, 6) is 1.77. The Bertz CT molecular complexity index is 3710. The summed E-state index contributed by atoms with van der Waals surface area (Å²) in [6.07, 6.45) is 0. The van der Waals surface area contributed by atoms with Crippen molar-refractivity contribution >= 4 is 43.6 Å². The third kappa shape index (κ3) is 6.22. The van der Waals surface area contributed by atoms with E-state index < -0.39 is 0 Å². The summed E-state index contributed by atoms with van der Waals surface area (Å²) in [6.45, 7) is 0. The monoisotopic (exact) mass is 816 g/mol. The van der Waals surface area contributed by atoms with E-state index in [4.69, 9.17) is 15.0 Å². The SMILES string of the molecule is N#Cc1ccc(-c2ccc3c4ccccc4n(-c4ccc(-c5ccc6c(c5)c5ccccc5n6-c5ccccc5)cc4-c4nc(-c5ccccc5)nc(-c5ccccc5)n4)c3c2)cc1. The van der Waals surface area contributed by atoms with Gasteiger partial charge in [0.05, 0.1) is 39.4 Å². The van der Waals surface area contributed by atoms with Crippen molar-refractivity contribution < 1.29 is 0 Å². The zero-order valence-corrected chi connectivity index (χ0v) is 34.5. The maximum Gasteiger partial charge on any atom is 0.166 e. The predicted molar refractivity (Wildman–Crippen MR) is 260 cm³/mol. The maximum atomic E-state index is 9.52. The van der Waals surface area contributed by atoms with Gasteiger partial charge in [-0.05, 0) is 89.0 Å². The van der Waals surface area contributed by atoms with Gasteiger partial charge >= 0.3 is 0 Å². The number of benzene rings is 9. The minimum atomic E-state index is 0.570. The van der Waals surface area contributed by atoms with E-state index in [-0.39, 0.29) is 0 Å². The van der Waals surface area contributed by atoms with Crippen LogP contribution in [0.3, 0.4) is 0 Å². The molecule has 12 aromatic rings. The van der Waals surface area contributed by atoms with Gasteiger partial charge in [0.1, 0.15) is 0 Å². The number of aromatic nitrogens is 5. The second-order valence-electron chi connectivity index (χ2n) is 16.0. The van der Waals surface area contributed by atoms with Crippen LogP contribution in [0.15, 0.2) is 218 Å². The smallest absolute Gasteiger partial charge is 0.166 e. The highest BCUT2D eigenvalue weighted by molar-refractivity contribution is 6.12. The molecule has 0 atom stereocenters. The van der Waals surface area contributed by atoms with Crippen LogP contribution in [0.25, 0.3) is 111 Å². The maximum absolute atomic E-state index is 9.52. The Morgan fingerprint density at radius 3 is 1.48 bits per heavy atom. The molecule has 0 aliphatic carbocycles. The lowest BCUT2D eigenvalue weighted by molar-refractivity contribution is 1.06. The third-order valence-electron chi connectivity index (χ3n) is 12.2. The number of nitriles is 1. The van der Waals surface area contributed by atoms with Gasteiger partial charge in [0.2, 0.25) is 0 Å². The molecule has 0 spiro atoms. The van der Waals surface area contributed by atoms with E-state index in [1.165, 1.54) is 10.8 Å². The minimum Gasteiger partial charge on any atom is -0.309 e. The van der Waals surface area contributed by atoms with Crippen LogP contribution in [-0.2, 0) is 0 Å². The molecule has 0 N–H and O–H groups in total. The molecular weight excluding hydrogens is 781 g/mol. The normalized spacial score (nSPS) is 11.4. The number of rotatable bonds is 7. The lowest BCUT2D eigenvalue weighted by atomic mass is 9.99. The van der Waals surface area contributed by atoms with E-state index in [0.717, 1.165) is 83.2 Å². The first-order valence-corrected chi connectivity index (χ1v) is 21.3. The van der Waals surface area contributed by atoms with Crippen molar-refractivity contribution in [3.8, 4) is 73.9 Å². The second kappa shape index (κ2) is 15.2. The van der Waals surface area contributed by atoms with Crippen molar-refractivity contribution in [2.45, 2.75) is 0 Å². The second-order valence-corrected chi connectivity index (χ2v) is 16.0. The fraction of sp³-hybridized carbons (Fsp3) is 0. The van der Waals surface area contributed by atoms with E-state index in [2.05, 4.69) is 149 Å².